The van der Waals surface area contributed by atoms with E-state index in [9.17, 15) is 9.59 Å². The van der Waals surface area contributed by atoms with Crippen LogP contribution in [0, 0.1) is 0 Å². The van der Waals surface area contributed by atoms with E-state index >= 15 is 0 Å². The molecule has 0 aliphatic carbocycles. The maximum absolute atomic E-state index is 11.0. The number of fused-ring (bicyclic) bond motifs is 1. The molecule has 0 aliphatic heterocycles. The molecule has 0 unspecified atom stereocenters. The number of carboxylic acids is 1. The van der Waals surface area contributed by atoms with Gasteiger partial charge in [-0.3, -0.25) is 9.59 Å². The highest BCUT2D eigenvalue weighted by Crippen LogP contribution is 2.27. The van der Waals surface area contributed by atoms with Gasteiger partial charge >= 0.3 is 5.97 Å². The Morgan fingerprint density at radius 3 is 2.72 bits per heavy atom. The summed E-state index contributed by atoms with van der Waals surface area (Å²) in [6.07, 6.45) is 1.54. The molecule has 0 radical (unpaired) electrons. The fraction of sp³-hybridized carbons (Fsp3) is 0.286. The molecule has 1 aromatic carbocycles. The average molecular weight is 245 g/mol. The van der Waals surface area contributed by atoms with Crippen molar-refractivity contribution < 1.29 is 14.7 Å². The molecule has 0 saturated carbocycles. The first-order valence-electron chi connectivity index (χ1n) is 5.85. The molecule has 2 aromatic rings. The number of benzene rings is 1. The number of rotatable bonds is 4. The Labute approximate surface area is 105 Å². The molecule has 0 fully saturated rings. The fourth-order valence-electron chi connectivity index (χ4n) is 2.46. The van der Waals surface area contributed by atoms with Crippen LogP contribution in [0.2, 0.25) is 0 Å². The Balaban J connectivity index is 2.76. The molecule has 94 valence electrons. The summed E-state index contributed by atoms with van der Waals surface area (Å²) in [6, 6.07) is 5.38. The largest absolute Gasteiger partial charge is 0.481 e. The van der Waals surface area contributed by atoms with Gasteiger partial charge in [0.2, 0.25) is 0 Å². The molecule has 0 atom stereocenters. The van der Waals surface area contributed by atoms with E-state index in [2.05, 4.69) is 0 Å². The maximum atomic E-state index is 11.0. The third-order valence-corrected chi connectivity index (χ3v) is 3.26. The second-order valence-corrected chi connectivity index (χ2v) is 4.30. The van der Waals surface area contributed by atoms with E-state index in [1.807, 2.05) is 24.6 Å². The number of nitrogens with zero attached hydrogens (tertiary/aromatic N) is 1. The highest BCUT2D eigenvalue weighted by atomic mass is 16.4. The third kappa shape index (κ3) is 1.90. The van der Waals surface area contributed by atoms with E-state index in [4.69, 9.17) is 5.11 Å². The van der Waals surface area contributed by atoms with Crippen LogP contribution in [0.15, 0.2) is 18.2 Å². The summed E-state index contributed by atoms with van der Waals surface area (Å²) >= 11 is 0. The van der Waals surface area contributed by atoms with Crippen molar-refractivity contribution in [3.63, 3.8) is 0 Å². The lowest BCUT2D eigenvalue weighted by Crippen LogP contribution is -2.04. The van der Waals surface area contributed by atoms with Crippen molar-refractivity contribution in [2.75, 3.05) is 0 Å². The smallest absolute Gasteiger partial charge is 0.307 e. The predicted octanol–water partition coefficient (Wildman–Crippen LogP) is 2.18. The topological polar surface area (TPSA) is 59.3 Å². The normalized spacial score (nSPS) is 10.8. The molecule has 1 heterocycles. The van der Waals surface area contributed by atoms with Crippen LogP contribution in [0.4, 0.5) is 0 Å². The highest BCUT2D eigenvalue weighted by Gasteiger charge is 2.16. The Kier molecular flexibility index (Phi) is 3.19. The van der Waals surface area contributed by atoms with Gasteiger partial charge in [-0.05, 0) is 30.2 Å². The standard InChI is InChI=1S/C14H15NO3/c1-3-12-11(7-14(17)18)10-6-9(8-16)4-5-13(10)15(12)2/h4-6,8H,3,7H2,1-2H3,(H,17,18). The SMILES string of the molecule is CCc1c(CC(=O)O)c2cc(C=O)ccc2n1C. The Hall–Kier alpha value is -2.10. The molecule has 4 heteroatoms. The number of aliphatic carboxylic acids is 1. The Bertz CT molecular complexity index is 625. The van der Waals surface area contributed by atoms with Gasteiger partial charge in [-0.2, -0.15) is 0 Å². The Morgan fingerprint density at radius 2 is 2.17 bits per heavy atom. The lowest BCUT2D eigenvalue weighted by Gasteiger charge is -2.02. The van der Waals surface area contributed by atoms with Crippen molar-refractivity contribution >= 4 is 23.2 Å². The second kappa shape index (κ2) is 4.64. The summed E-state index contributed by atoms with van der Waals surface area (Å²) in [5, 5.41) is 9.87. The van der Waals surface area contributed by atoms with Crippen LogP contribution in [0.3, 0.4) is 0 Å². The zero-order chi connectivity index (χ0) is 13.3. The Morgan fingerprint density at radius 1 is 1.44 bits per heavy atom. The molecule has 18 heavy (non-hydrogen) atoms. The minimum Gasteiger partial charge on any atom is -0.481 e. The monoisotopic (exact) mass is 245 g/mol. The summed E-state index contributed by atoms with van der Waals surface area (Å²) in [7, 11) is 1.92. The molecule has 0 bridgehead atoms. The molecule has 0 spiro atoms. The van der Waals surface area contributed by atoms with Gasteiger partial charge < -0.3 is 9.67 Å². The van der Waals surface area contributed by atoms with Crippen LogP contribution in [0.25, 0.3) is 10.9 Å². The molecule has 1 N–H and O–H groups in total. The van der Waals surface area contributed by atoms with Crippen LogP contribution in [0.5, 0.6) is 0 Å². The number of aryl methyl sites for hydroxylation is 1. The molecule has 0 aliphatic rings. The minimum absolute atomic E-state index is 0.0111. The van der Waals surface area contributed by atoms with E-state index in [0.717, 1.165) is 34.9 Å². The lowest BCUT2D eigenvalue weighted by molar-refractivity contribution is -0.136. The van der Waals surface area contributed by atoms with Crippen LogP contribution >= 0.6 is 0 Å². The van der Waals surface area contributed by atoms with E-state index in [0.29, 0.717) is 5.56 Å². The molecule has 4 nitrogen and oxygen atoms in total. The van der Waals surface area contributed by atoms with Gasteiger partial charge in [0.1, 0.15) is 6.29 Å². The molecular weight excluding hydrogens is 230 g/mol. The first-order valence-corrected chi connectivity index (χ1v) is 5.85. The van der Waals surface area contributed by atoms with Crippen molar-refractivity contribution in [1.29, 1.82) is 0 Å². The number of carbonyl (C=O) groups is 2. The van der Waals surface area contributed by atoms with E-state index in [-0.39, 0.29) is 6.42 Å². The number of hydrogen-bond donors (Lipinski definition) is 1. The van der Waals surface area contributed by atoms with Crippen molar-refractivity contribution in [3.05, 3.63) is 35.0 Å². The van der Waals surface area contributed by atoms with Gasteiger partial charge in [0.15, 0.2) is 0 Å². The lowest BCUT2D eigenvalue weighted by atomic mass is 10.0. The number of aldehydes is 1. The van der Waals surface area contributed by atoms with Gasteiger partial charge in [0.05, 0.1) is 6.42 Å². The van der Waals surface area contributed by atoms with E-state index < -0.39 is 5.97 Å². The van der Waals surface area contributed by atoms with Gasteiger partial charge in [0.25, 0.3) is 0 Å². The third-order valence-electron chi connectivity index (χ3n) is 3.26. The minimum atomic E-state index is -0.853. The number of carbonyl (C=O) groups excluding carboxylic acids is 1. The van der Waals surface area contributed by atoms with Gasteiger partial charge in [-0.15, -0.1) is 0 Å². The zero-order valence-corrected chi connectivity index (χ0v) is 10.4. The number of hydrogen-bond acceptors (Lipinski definition) is 2. The van der Waals surface area contributed by atoms with Crippen LogP contribution in [0.1, 0.15) is 28.5 Å². The zero-order valence-electron chi connectivity index (χ0n) is 10.4. The van der Waals surface area contributed by atoms with E-state index in [1.165, 1.54) is 0 Å². The van der Waals surface area contributed by atoms with Gasteiger partial charge in [-0.25, -0.2) is 0 Å². The van der Waals surface area contributed by atoms with Crippen molar-refractivity contribution in [2.45, 2.75) is 19.8 Å². The van der Waals surface area contributed by atoms with Crippen LogP contribution in [-0.4, -0.2) is 21.9 Å². The first kappa shape index (κ1) is 12.4. The highest BCUT2D eigenvalue weighted by molar-refractivity contribution is 5.93. The van der Waals surface area contributed by atoms with Crippen molar-refractivity contribution in [2.24, 2.45) is 7.05 Å². The second-order valence-electron chi connectivity index (χ2n) is 4.30. The fourth-order valence-corrected chi connectivity index (χ4v) is 2.46. The van der Waals surface area contributed by atoms with Gasteiger partial charge in [0, 0.05) is 29.2 Å². The molecule has 2 rings (SSSR count). The molecule has 0 saturated heterocycles. The summed E-state index contributed by atoms with van der Waals surface area (Å²) in [5.74, 6) is -0.853. The number of carboxylic acid groups (broad SMARTS) is 1. The van der Waals surface area contributed by atoms with Gasteiger partial charge in [-0.1, -0.05) is 6.92 Å². The van der Waals surface area contributed by atoms with Crippen LogP contribution in [-0.2, 0) is 24.7 Å². The summed E-state index contributed by atoms with van der Waals surface area (Å²) in [4.78, 5) is 21.8. The quantitative estimate of drug-likeness (QED) is 0.840. The molecular formula is C14H15NO3. The summed E-state index contributed by atoms with van der Waals surface area (Å²) in [5.41, 5.74) is 3.36. The summed E-state index contributed by atoms with van der Waals surface area (Å²) < 4.78 is 2.00. The number of aromatic nitrogens is 1. The maximum Gasteiger partial charge on any atom is 0.307 e. The van der Waals surface area contributed by atoms with Crippen LogP contribution < -0.4 is 0 Å². The molecule has 0 amide bonds. The summed E-state index contributed by atoms with van der Waals surface area (Å²) in [6.45, 7) is 2.00. The first-order chi connectivity index (χ1) is 8.58. The predicted molar refractivity (Wildman–Crippen MR) is 69.0 cm³/mol. The van der Waals surface area contributed by atoms with Crippen molar-refractivity contribution in [3.8, 4) is 0 Å². The molecule has 1 aromatic heterocycles. The van der Waals surface area contributed by atoms with Crippen molar-refractivity contribution in [1.82, 2.24) is 4.57 Å². The average Bonchev–Trinajstić information content (AvgIpc) is 2.61. The van der Waals surface area contributed by atoms with E-state index in [1.54, 1.807) is 12.1 Å².